The molecule has 1 aliphatic rings. The number of fused-ring (bicyclic) bond motifs is 1. The van der Waals surface area contributed by atoms with Crippen LogP contribution in [0.25, 0.3) is 0 Å². The quantitative estimate of drug-likeness (QED) is 0.515. The van der Waals surface area contributed by atoms with Crippen LogP contribution in [0.15, 0.2) is 18.2 Å². The summed E-state index contributed by atoms with van der Waals surface area (Å²) in [5, 5.41) is -0.429. The van der Waals surface area contributed by atoms with Gasteiger partial charge in [0.25, 0.3) is 0 Å². The Labute approximate surface area is 125 Å². The van der Waals surface area contributed by atoms with E-state index in [2.05, 4.69) is 24.8 Å². The Bertz CT molecular complexity index is 510. The zero-order chi connectivity index (χ0) is 14.5. The maximum Gasteiger partial charge on any atom is 0.317 e. The second kappa shape index (κ2) is 6.93. The number of aryl methyl sites for hydroxylation is 2. The van der Waals surface area contributed by atoms with Crippen LogP contribution in [0, 0.1) is 5.92 Å². The lowest BCUT2D eigenvalue weighted by molar-refractivity contribution is -0.149. The Morgan fingerprint density at radius 2 is 1.95 bits per heavy atom. The summed E-state index contributed by atoms with van der Waals surface area (Å²) >= 11 is 3.81. The van der Waals surface area contributed by atoms with Crippen molar-refractivity contribution in [2.75, 3.05) is 6.61 Å². The van der Waals surface area contributed by atoms with Crippen molar-refractivity contribution in [3.05, 3.63) is 34.9 Å². The SMILES string of the molecule is CCOC(=O)C(Cc1ccc2c(c1)CCCC2)C(=O)S. The molecule has 0 N–H and O–H groups in total. The van der Waals surface area contributed by atoms with Crippen LogP contribution in [-0.4, -0.2) is 17.7 Å². The molecular weight excluding hydrogens is 272 g/mol. The number of benzene rings is 1. The predicted molar refractivity (Wildman–Crippen MR) is 80.9 cm³/mol. The molecule has 1 aromatic carbocycles. The van der Waals surface area contributed by atoms with Crippen molar-refractivity contribution in [3.8, 4) is 0 Å². The monoisotopic (exact) mass is 292 g/mol. The molecule has 0 saturated heterocycles. The first-order chi connectivity index (χ1) is 9.61. The number of hydrogen-bond donors (Lipinski definition) is 1. The second-order valence-corrected chi connectivity index (χ2v) is 5.60. The molecule has 0 saturated carbocycles. The molecule has 2 rings (SSSR count). The van der Waals surface area contributed by atoms with Gasteiger partial charge in [-0.25, -0.2) is 0 Å². The largest absolute Gasteiger partial charge is 0.465 e. The van der Waals surface area contributed by atoms with Crippen LogP contribution in [0.3, 0.4) is 0 Å². The van der Waals surface area contributed by atoms with Gasteiger partial charge in [0.2, 0.25) is 5.12 Å². The summed E-state index contributed by atoms with van der Waals surface area (Å²) in [4.78, 5) is 23.3. The van der Waals surface area contributed by atoms with Gasteiger partial charge in [0, 0.05) is 0 Å². The fourth-order valence-electron chi connectivity index (χ4n) is 2.66. The Kier molecular flexibility index (Phi) is 5.24. The van der Waals surface area contributed by atoms with E-state index in [0.29, 0.717) is 6.42 Å². The first-order valence-corrected chi connectivity index (χ1v) is 7.56. The molecule has 0 spiro atoms. The van der Waals surface area contributed by atoms with Gasteiger partial charge >= 0.3 is 5.97 Å². The highest BCUT2D eigenvalue weighted by Gasteiger charge is 2.26. The van der Waals surface area contributed by atoms with Gasteiger partial charge in [0.05, 0.1) is 6.61 Å². The smallest absolute Gasteiger partial charge is 0.317 e. The van der Waals surface area contributed by atoms with Crippen LogP contribution in [0.2, 0.25) is 0 Å². The van der Waals surface area contributed by atoms with Gasteiger partial charge in [-0.05, 0) is 55.7 Å². The predicted octanol–water partition coefficient (Wildman–Crippen LogP) is 2.74. The molecule has 1 aliphatic carbocycles. The van der Waals surface area contributed by atoms with E-state index >= 15 is 0 Å². The van der Waals surface area contributed by atoms with Crippen LogP contribution >= 0.6 is 12.6 Å². The molecule has 4 heteroatoms. The molecule has 108 valence electrons. The normalized spacial score (nSPS) is 15.3. The van der Waals surface area contributed by atoms with Gasteiger partial charge in [-0.1, -0.05) is 18.2 Å². The first kappa shape index (κ1) is 15.1. The van der Waals surface area contributed by atoms with Crippen molar-refractivity contribution in [1.29, 1.82) is 0 Å². The van der Waals surface area contributed by atoms with E-state index in [1.165, 1.54) is 24.0 Å². The van der Waals surface area contributed by atoms with Gasteiger partial charge < -0.3 is 4.74 Å². The highest BCUT2D eigenvalue weighted by Crippen LogP contribution is 2.24. The molecular formula is C16H20O3S. The fraction of sp³-hybridized carbons (Fsp3) is 0.500. The summed E-state index contributed by atoms with van der Waals surface area (Å²) in [6.07, 6.45) is 5.04. The molecule has 0 radical (unpaired) electrons. The summed E-state index contributed by atoms with van der Waals surface area (Å²) in [5.41, 5.74) is 3.75. The van der Waals surface area contributed by atoms with E-state index in [9.17, 15) is 9.59 Å². The van der Waals surface area contributed by atoms with Crippen molar-refractivity contribution in [2.24, 2.45) is 5.92 Å². The van der Waals surface area contributed by atoms with E-state index in [4.69, 9.17) is 4.74 Å². The molecule has 0 bridgehead atoms. The lowest BCUT2D eigenvalue weighted by atomic mass is 9.88. The maximum absolute atomic E-state index is 11.8. The van der Waals surface area contributed by atoms with Crippen molar-refractivity contribution < 1.29 is 14.3 Å². The third-order valence-electron chi connectivity index (χ3n) is 3.72. The Morgan fingerprint density at radius 1 is 1.25 bits per heavy atom. The molecule has 0 fully saturated rings. The lowest BCUT2D eigenvalue weighted by Gasteiger charge is -2.18. The summed E-state index contributed by atoms with van der Waals surface area (Å²) < 4.78 is 4.94. The standard InChI is InChI=1S/C16H20O3S/c1-2-19-15(17)14(16(18)20)10-11-7-8-12-5-3-4-6-13(12)9-11/h7-9,14H,2-6,10H2,1H3,(H,18,20). The van der Waals surface area contributed by atoms with Gasteiger partial charge in [-0.2, -0.15) is 0 Å². The molecule has 1 aromatic rings. The average Bonchev–Trinajstić information content (AvgIpc) is 2.44. The molecule has 0 aliphatic heterocycles. The summed E-state index contributed by atoms with van der Waals surface area (Å²) in [5.74, 6) is -1.29. The molecule has 0 amide bonds. The number of hydrogen-bond acceptors (Lipinski definition) is 3. The molecule has 1 unspecified atom stereocenters. The van der Waals surface area contributed by atoms with Crippen molar-refractivity contribution in [2.45, 2.75) is 39.0 Å². The van der Waals surface area contributed by atoms with E-state index < -0.39 is 17.0 Å². The number of esters is 1. The van der Waals surface area contributed by atoms with E-state index in [1.807, 2.05) is 6.07 Å². The van der Waals surface area contributed by atoms with Crippen LogP contribution < -0.4 is 0 Å². The van der Waals surface area contributed by atoms with Gasteiger partial charge in [0.15, 0.2) is 0 Å². The van der Waals surface area contributed by atoms with Crippen LogP contribution in [0.1, 0.15) is 36.5 Å². The Balaban J connectivity index is 2.14. The molecule has 3 nitrogen and oxygen atoms in total. The summed E-state index contributed by atoms with van der Waals surface area (Å²) in [6, 6.07) is 6.25. The lowest BCUT2D eigenvalue weighted by Crippen LogP contribution is -2.25. The minimum Gasteiger partial charge on any atom is -0.465 e. The Hall–Kier alpha value is -1.29. The third-order valence-corrected chi connectivity index (χ3v) is 4.03. The van der Waals surface area contributed by atoms with E-state index in [-0.39, 0.29) is 6.61 Å². The molecule has 0 aromatic heterocycles. The zero-order valence-electron chi connectivity index (χ0n) is 11.7. The number of ether oxygens (including phenoxy) is 1. The third kappa shape index (κ3) is 3.63. The minimum atomic E-state index is -0.806. The van der Waals surface area contributed by atoms with Gasteiger partial charge in [0.1, 0.15) is 5.92 Å². The number of carbonyl (C=O) groups is 2. The molecule has 1 atom stereocenters. The number of thiol groups is 1. The van der Waals surface area contributed by atoms with E-state index in [1.54, 1.807) is 6.92 Å². The van der Waals surface area contributed by atoms with Crippen LogP contribution in [0.5, 0.6) is 0 Å². The van der Waals surface area contributed by atoms with Gasteiger partial charge in [-0.15, -0.1) is 12.6 Å². The average molecular weight is 292 g/mol. The van der Waals surface area contributed by atoms with Crippen molar-refractivity contribution in [1.82, 2.24) is 0 Å². The topological polar surface area (TPSA) is 43.4 Å². The summed E-state index contributed by atoms with van der Waals surface area (Å²) in [6.45, 7) is 2.01. The minimum absolute atomic E-state index is 0.278. The maximum atomic E-state index is 11.8. The van der Waals surface area contributed by atoms with Gasteiger partial charge in [-0.3, -0.25) is 9.59 Å². The highest BCUT2D eigenvalue weighted by atomic mass is 32.1. The Morgan fingerprint density at radius 3 is 2.60 bits per heavy atom. The highest BCUT2D eigenvalue weighted by molar-refractivity contribution is 7.96. The molecule has 20 heavy (non-hydrogen) atoms. The molecule has 0 heterocycles. The fourth-order valence-corrected chi connectivity index (χ4v) is 2.86. The van der Waals surface area contributed by atoms with Crippen molar-refractivity contribution >= 4 is 23.7 Å². The first-order valence-electron chi connectivity index (χ1n) is 7.12. The van der Waals surface area contributed by atoms with Crippen LogP contribution in [-0.2, 0) is 33.6 Å². The number of rotatable bonds is 5. The van der Waals surface area contributed by atoms with Crippen molar-refractivity contribution in [3.63, 3.8) is 0 Å². The van der Waals surface area contributed by atoms with E-state index in [0.717, 1.165) is 18.4 Å². The zero-order valence-corrected chi connectivity index (χ0v) is 12.6. The van der Waals surface area contributed by atoms with Crippen LogP contribution in [0.4, 0.5) is 0 Å². The summed E-state index contributed by atoms with van der Waals surface area (Å²) in [7, 11) is 0. The second-order valence-electron chi connectivity index (χ2n) is 5.16. The number of carbonyl (C=O) groups excluding carboxylic acids is 2.